The average Bonchev–Trinajstić information content (AvgIpc) is 2.44. The molecule has 0 saturated heterocycles. The largest absolute Gasteiger partial charge is 0.397 e. The van der Waals surface area contributed by atoms with Crippen LogP contribution in [0.2, 0.25) is 5.02 Å². The summed E-state index contributed by atoms with van der Waals surface area (Å²) in [6.45, 7) is 0. The van der Waals surface area contributed by atoms with Crippen molar-refractivity contribution in [2.45, 2.75) is 0 Å². The van der Waals surface area contributed by atoms with Crippen LogP contribution >= 0.6 is 11.6 Å². The first-order valence-corrected chi connectivity index (χ1v) is 5.92. The van der Waals surface area contributed by atoms with Crippen LogP contribution in [0, 0.1) is 17.1 Å². The fraction of sp³-hybridized carbons (Fsp3) is 0. The molecule has 0 aliphatic carbocycles. The SMILES string of the molecule is N#C/C(=C(/N)c1cccc(Cl)c1F)c1ccccc1. The standard InChI is InChI=1S/C15H10ClFN2/c16-13-8-4-7-11(14(13)17)15(19)12(9-18)10-5-2-1-3-6-10/h1-8H,19H2/b15-12-. The summed E-state index contributed by atoms with van der Waals surface area (Å²) in [7, 11) is 0. The minimum Gasteiger partial charge on any atom is -0.397 e. The fourth-order valence-corrected chi connectivity index (χ4v) is 1.91. The van der Waals surface area contributed by atoms with E-state index >= 15 is 0 Å². The molecule has 0 heterocycles. The topological polar surface area (TPSA) is 49.8 Å². The van der Waals surface area contributed by atoms with Crippen LogP contribution in [0.5, 0.6) is 0 Å². The molecule has 0 unspecified atom stereocenters. The fourth-order valence-electron chi connectivity index (χ4n) is 1.73. The van der Waals surface area contributed by atoms with E-state index in [2.05, 4.69) is 0 Å². The first-order valence-electron chi connectivity index (χ1n) is 5.54. The maximum absolute atomic E-state index is 13.9. The predicted molar refractivity (Wildman–Crippen MR) is 74.5 cm³/mol. The summed E-state index contributed by atoms with van der Waals surface area (Å²) < 4.78 is 13.9. The summed E-state index contributed by atoms with van der Waals surface area (Å²) >= 11 is 5.72. The highest BCUT2D eigenvalue weighted by Gasteiger charge is 2.13. The van der Waals surface area contributed by atoms with Gasteiger partial charge in [0, 0.05) is 5.56 Å². The van der Waals surface area contributed by atoms with Crippen LogP contribution in [0.15, 0.2) is 48.5 Å². The lowest BCUT2D eigenvalue weighted by Gasteiger charge is -2.08. The molecule has 0 aromatic heterocycles. The highest BCUT2D eigenvalue weighted by molar-refractivity contribution is 6.31. The third-order valence-electron chi connectivity index (χ3n) is 2.69. The van der Waals surface area contributed by atoms with Crippen molar-refractivity contribution >= 4 is 22.9 Å². The van der Waals surface area contributed by atoms with Gasteiger partial charge in [0.2, 0.25) is 0 Å². The van der Waals surface area contributed by atoms with Gasteiger partial charge in [0.05, 0.1) is 16.3 Å². The van der Waals surface area contributed by atoms with Crippen LogP contribution in [-0.4, -0.2) is 0 Å². The highest BCUT2D eigenvalue weighted by atomic mass is 35.5. The monoisotopic (exact) mass is 272 g/mol. The Hall–Kier alpha value is -2.31. The number of halogens is 2. The van der Waals surface area contributed by atoms with Crippen LogP contribution in [0.1, 0.15) is 11.1 Å². The van der Waals surface area contributed by atoms with Crippen molar-refractivity contribution in [1.29, 1.82) is 5.26 Å². The zero-order valence-electron chi connectivity index (χ0n) is 9.90. The summed E-state index contributed by atoms with van der Waals surface area (Å²) in [6, 6.07) is 15.4. The Morgan fingerprint density at radius 3 is 2.42 bits per heavy atom. The molecule has 0 aliphatic heterocycles. The summed E-state index contributed by atoms with van der Waals surface area (Å²) in [5.41, 5.74) is 6.98. The zero-order chi connectivity index (χ0) is 13.8. The molecular weight excluding hydrogens is 263 g/mol. The Bertz CT molecular complexity index is 672. The molecule has 2 aromatic rings. The molecule has 0 atom stereocenters. The van der Waals surface area contributed by atoms with Crippen LogP contribution in [-0.2, 0) is 0 Å². The zero-order valence-corrected chi connectivity index (χ0v) is 10.7. The van der Waals surface area contributed by atoms with E-state index in [4.69, 9.17) is 17.3 Å². The minimum atomic E-state index is -0.620. The smallest absolute Gasteiger partial charge is 0.151 e. The third kappa shape index (κ3) is 2.59. The number of allylic oxidation sites excluding steroid dienone is 1. The lowest BCUT2D eigenvalue weighted by atomic mass is 10.0. The Kier molecular flexibility index (Phi) is 3.84. The van der Waals surface area contributed by atoms with Gasteiger partial charge in [0.1, 0.15) is 6.07 Å². The predicted octanol–water partition coefficient (Wildman–Crippen LogP) is 3.83. The van der Waals surface area contributed by atoms with E-state index in [0.29, 0.717) is 5.56 Å². The Morgan fingerprint density at radius 2 is 1.79 bits per heavy atom. The second kappa shape index (κ2) is 5.55. The number of hydrogen-bond donors (Lipinski definition) is 1. The van der Waals surface area contributed by atoms with Gasteiger partial charge in [-0.25, -0.2) is 4.39 Å². The molecule has 0 amide bonds. The van der Waals surface area contributed by atoms with Crippen LogP contribution in [0.3, 0.4) is 0 Å². The first-order chi connectivity index (χ1) is 9.15. The summed E-state index contributed by atoms with van der Waals surface area (Å²) in [5, 5.41) is 9.21. The maximum atomic E-state index is 13.9. The number of nitrogens with zero attached hydrogens (tertiary/aromatic N) is 1. The molecule has 19 heavy (non-hydrogen) atoms. The van der Waals surface area contributed by atoms with Crippen molar-refractivity contribution in [2.24, 2.45) is 5.73 Å². The van der Waals surface area contributed by atoms with Crippen LogP contribution in [0.4, 0.5) is 4.39 Å². The van der Waals surface area contributed by atoms with Crippen LogP contribution < -0.4 is 5.73 Å². The highest BCUT2D eigenvalue weighted by Crippen LogP contribution is 2.27. The normalized spacial score (nSPS) is 11.6. The molecule has 0 radical (unpaired) electrons. The molecule has 2 aromatic carbocycles. The second-order valence-electron chi connectivity index (χ2n) is 3.87. The molecule has 0 saturated carbocycles. The first kappa shape index (κ1) is 13.1. The van der Waals surface area contributed by atoms with Gasteiger partial charge in [-0.2, -0.15) is 5.26 Å². The average molecular weight is 273 g/mol. The molecule has 0 bridgehead atoms. The van der Waals surface area contributed by atoms with E-state index in [1.54, 1.807) is 30.3 Å². The van der Waals surface area contributed by atoms with Crippen molar-refractivity contribution in [3.05, 3.63) is 70.5 Å². The van der Waals surface area contributed by atoms with E-state index < -0.39 is 5.82 Å². The van der Waals surface area contributed by atoms with Crippen molar-refractivity contribution in [1.82, 2.24) is 0 Å². The number of nitriles is 1. The Labute approximate surface area is 115 Å². The molecule has 0 spiro atoms. The van der Waals surface area contributed by atoms with Gasteiger partial charge in [-0.05, 0) is 17.7 Å². The second-order valence-corrected chi connectivity index (χ2v) is 4.28. The van der Waals surface area contributed by atoms with Crippen LogP contribution in [0.25, 0.3) is 11.3 Å². The van der Waals surface area contributed by atoms with E-state index in [9.17, 15) is 9.65 Å². The van der Waals surface area contributed by atoms with Gasteiger partial charge >= 0.3 is 0 Å². The summed E-state index contributed by atoms with van der Waals surface area (Å²) in [4.78, 5) is 0. The Balaban J connectivity index is 2.63. The van der Waals surface area contributed by atoms with E-state index in [1.807, 2.05) is 12.1 Å². The maximum Gasteiger partial charge on any atom is 0.151 e. The number of benzene rings is 2. The number of hydrogen-bond acceptors (Lipinski definition) is 2. The van der Waals surface area contributed by atoms with E-state index in [1.165, 1.54) is 12.1 Å². The quantitative estimate of drug-likeness (QED) is 0.667. The van der Waals surface area contributed by atoms with Gasteiger partial charge < -0.3 is 5.73 Å². The Morgan fingerprint density at radius 1 is 1.11 bits per heavy atom. The lowest BCUT2D eigenvalue weighted by molar-refractivity contribution is 0.624. The van der Waals surface area contributed by atoms with Gasteiger partial charge in [-0.3, -0.25) is 0 Å². The molecule has 0 fully saturated rings. The molecule has 4 heteroatoms. The number of rotatable bonds is 2. The van der Waals surface area contributed by atoms with Crippen molar-refractivity contribution in [2.75, 3.05) is 0 Å². The van der Waals surface area contributed by atoms with Gasteiger partial charge in [0.25, 0.3) is 0 Å². The number of nitrogens with two attached hydrogens (primary N) is 1. The molecule has 2 rings (SSSR count). The van der Waals surface area contributed by atoms with Gasteiger partial charge in [-0.15, -0.1) is 0 Å². The minimum absolute atomic E-state index is 0.0224. The molecule has 94 valence electrons. The van der Waals surface area contributed by atoms with E-state index in [-0.39, 0.29) is 21.9 Å². The van der Waals surface area contributed by atoms with Gasteiger partial charge in [0.15, 0.2) is 5.82 Å². The molecule has 2 nitrogen and oxygen atoms in total. The van der Waals surface area contributed by atoms with Crippen molar-refractivity contribution in [3.8, 4) is 6.07 Å². The van der Waals surface area contributed by atoms with E-state index in [0.717, 1.165) is 0 Å². The van der Waals surface area contributed by atoms with Crippen molar-refractivity contribution < 1.29 is 4.39 Å². The lowest BCUT2D eigenvalue weighted by Crippen LogP contribution is -2.03. The molecule has 2 N–H and O–H groups in total. The van der Waals surface area contributed by atoms with Gasteiger partial charge in [-0.1, -0.05) is 48.0 Å². The summed E-state index contributed by atoms with van der Waals surface area (Å²) in [5.74, 6) is -0.620. The molecule has 0 aliphatic rings. The summed E-state index contributed by atoms with van der Waals surface area (Å²) in [6.07, 6.45) is 0. The third-order valence-corrected chi connectivity index (χ3v) is 2.98. The van der Waals surface area contributed by atoms with Crippen molar-refractivity contribution in [3.63, 3.8) is 0 Å². The molecular formula is C15H10ClFN2.